The summed E-state index contributed by atoms with van der Waals surface area (Å²) in [4.78, 5) is 14.9. The second kappa shape index (κ2) is 3.34. The number of aldehydes is 1. The highest BCUT2D eigenvalue weighted by atomic mass is 16.4. The summed E-state index contributed by atoms with van der Waals surface area (Å²) in [5.41, 5.74) is 1.86. The first kappa shape index (κ1) is 8.91. The summed E-state index contributed by atoms with van der Waals surface area (Å²) in [5.74, 6) is 0.993. The van der Waals surface area contributed by atoms with E-state index in [-0.39, 0.29) is 0 Å². The van der Waals surface area contributed by atoms with E-state index in [4.69, 9.17) is 8.83 Å². The zero-order valence-electron chi connectivity index (χ0n) is 8.21. The van der Waals surface area contributed by atoms with Gasteiger partial charge in [0.1, 0.15) is 11.8 Å². The van der Waals surface area contributed by atoms with Gasteiger partial charge in [0.05, 0.1) is 6.26 Å². The number of furan rings is 1. The van der Waals surface area contributed by atoms with Crippen LogP contribution in [-0.4, -0.2) is 11.3 Å². The quantitative estimate of drug-likeness (QED) is 0.614. The number of fused-ring (bicyclic) bond motifs is 1. The van der Waals surface area contributed by atoms with Gasteiger partial charge in [-0.3, -0.25) is 4.79 Å². The fourth-order valence-corrected chi connectivity index (χ4v) is 1.52. The molecule has 0 fully saturated rings. The van der Waals surface area contributed by atoms with Gasteiger partial charge in [-0.1, -0.05) is 0 Å². The lowest BCUT2D eigenvalue weighted by atomic mass is 10.2. The van der Waals surface area contributed by atoms with Gasteiger partial charge in [-0.25, -0.2) is 4.98 Å². The van der Waals surface area contributed by atoms with Crippen LogP contribution in [-0.2, 0) is 0 Å². The Kier molecular flexibility index (Phi) is 1.86. The second-order valence-corrected chi connectivity index (χ2v) is 3.34. The summed E-state index contributed by atoms with van der Waals surface area (Å²) in [5, 5.41) is 0. The van der Waals surface area contributed by atoms with Crippen molar-refractivity contribution in [2.75, 3.05) is 0 Å². The predicted octanol–water partition coefficient (Wildman–Crippen LogP) is 2.90. The SMILES string of the molecule is O=Cc1ccc2oc(-c3ccco3)nc2c1. The molecular formula is C12H7NO3. The molecule has 0 saturated carbocycles. The summed E-state index contributed by atoms with van der Waals surface area (Å²) in [6.07, 6.45) is 2.34. The van der Waals surface area contributed by atoms with E-state index >= 15 is 0 Å². The molecule has 2 heterocycles. The first-order valence-electron chi connectivity index (χ1n) is 4.76. The highest BCUT2D eigenvalue weighted by Gasteiger charge is 2.10. The van der Waals surface area contributed by atoms with E-state index in [1.807, 2.05) is 0 Å². The zero-order chi connectivity index (χ0) is 11.0. The van der Waals surface area contributed by atoms with Crippen LogP contribution >= 0.6 is 0 Å². The maximum Gasteiger partial charge on any atom is 0.263 e. The van der Waals surface area contributed by atoms with Crippen LogP contribution in [0.1, 0.15) is 10.4 Å². The summed E-state index contributed by atoms with van der Waals surface area (Å²) in [6, 6.07) is 8.62. The molecule has 0 spiro atoms. The van der Waals surface area contributed by atoms with E-state index in [0.717, 1.165) is 6.29 Å². The molecule has 3 rings (SSSR count). The smallest absolute Gasteiger partial charge is 0.263 e. The lowest BCUT2D eigenvalue weighted by Crippen LogP contribution is -1.77. The highest BCUT2D eigenvalue weighted by molar-refractivity contribution is 5.84. The molecule has 16 heavy (non-hydrogen) atoms. The molecular weight excluding hydrogens is 206 g/mol. The van der Waals surface area contributed by atoms with Crippen molar-refractivity contribution in [3.63, 3.8) is 0 Å². The lowest BCUT2D eigenvalue weighted by molar-refractivity contribution is 0.112. The fraction of sp³-hybridized carbons (Fsp3) is 0. The zero-order valence-corrected chi connectivity index (χ0v) is 8.21. The topological polar surface area (TPSA) is 56.2 Å². The summed E-state index contributed by atoms with van der Waals surface area (Å²) >= 11 is 0. The Morgan fingerprint density at radius 2 is 2.19 bits per heavy atom. The van der Waals surface area contributed by atoms with Gasteiger partial charge in [0, 0.05) is 5.56 Å². The summed E-state index contributed by atoms with van der Waals surface area (Å²) in [7, 11) is 0. The number of carbonyl (C=O) groups is 1. The Balaban J connectivity index is 2.19. The Morgan fingerprint density at radius 1 is 1.25 bits per heavy atom. The van der Waals surface area contributed by atoms with Crippen LogP contribution in [0.3, 0.4) is 0 Å². The van der Waals surface area contributed by atoms with Crippen LogP contribution in [0, 0.1) is 0 Å². The van der Waals surface area contributed by atoms with Crippen molar-refractivity contribution < 1.29 is 13.6 Å². The van der Waals surface area contributed by atoms with Crippen molar-refractivity contribution in [3.8, 4) is 11.7 Å². The molecule has 0 N–H and O–H groups in total. The molecule has 0 atom stereocenters. The average molecular weight is 213 g/mol. The molecule has 0 aliphatic carbocycles. The lowest BCUT2D eigenvalue weighted by Gasteiger charge is -1.86. The molecule has 78 valence electrons. The van der Waals surface area contributed by atoms with E-state index in [1.54, 1.807) is 36.6 Å². The van der Waals surface area contributed by atoms with Crippen LogP contribution in [0.5, 0.6) is 0 Å². The van der Waals surface area contributed by atoms with Crippen molar-refractivity contribution in [2.24, 2.45) is 0 Å². The number of nitrogens with zero attached hydrogens (tertiary/aromatic N) is 1. The minimum Gasteiger partial charge on any atom is -0.459 e. The van der Waals surface area contributed by atoms with Gasteiger partial charge in [-0.2, -0.15) is 0 Å². The van der Waals surface area contributed by atoms with Crippen molar-refractivity contribution in [2.45, 2.75) is 0 Å². The molecule has 0 aliphatic heterocycles. The Bertz CT molecular complexity index is 637. The largest absolute Gasteiger partial charge is 0.459 e. The van der Waals surface area contributed by atoms with E-state index < -0.39 is 0 Å². The van der Waals surface area contributed by atoms with Crippen LogP contribution in [0.15, 0.2) is 45.4 Å². The number of oxazole rings is 1. The molecule has 0 amide bonds. The number of hydrogen-bond donors (Lipinski definition) is 0. The monoisotopic (exact) mass is 213 g/mol. The van der Waals surface area contributed by atoms with E-state index in [2.05, 4.69) is 4.98 Å². The first-order chi connectivity index (χ1) is 7.86. The van der Waals surface area contributed by atoms with E-state index in [0.29, 0.717) is 28.3 Å². The number of hydrogen-bond acceptors (Lipinski definition) is 4. The van der Waals surface area contributed by atoms with E-state index in [9.17, 15) is 4.79 Å². The molecule has 3 aromatic rings. The highest BCUT2D eigenvalue weighted by Crippen LogP contribution is 2.24. The number of rotatable bonds is 2. The third-order valence-electron chi connectivity index (χ3n) is 2.28. The minimum atomic E-state index is 0.419. The Hall–Kier alpha value is -2.36. The second-order valence-electron chi connectivity index (χ2n) is 3.34. The normalized spacial score (nSPS) is 10.8. The Labute approximate surface area is 90.5 Å². The van der Waals surface area contributed by atoms with Gasteiger partial charge in [0.25, 0.3) is 5.89 Å². The average Bonchev–Trinajstić information content (AvgIpc) is 2.96. The van der Waals surface area contributed by atoms with Crippen molar-refractivity contribution in [1.82, 2.24) is 4.98 Å². The number of carbonyl (C=O) groups excluding carboxylic acids is 1. The molecule has 0 aliphatic rings. The fourth-order valence-electron chi connectivity index (χ4n) is 1.52. The molecule has 2 aromatic heterocycles. The van der Waals surface area contributed by atoms with Crippen molar-refractivity contribution in [1.29, 1.82) is 0 Å². The molecule has 4 heteroatoms. The predicted molar refractivity (Wildman–Crippen MR) is 57.1 cm³/mol. The van der Waals surface area contributed by atoms with Gasteiger partial charge >= 0.3 is 0 Å². The van der Waals surface area contributed by atoms with Crippen molar-refractivity contribution >= 4 is 17.4 Å². The van der Waals surface area contributed by atoms with Gasteiger partial charge in [-0.05, 0) is 30.3 Å². The maximum atomic E-state index is 10.6. The molecule has 0 radical (unpaired) electrons. The third kappa shape index (κ3) is 1.32. The summed E-state index contributed by atoms with van der Waals surface area (Å²) in [6.45, 7) is 0. The molecule has 0 saturated heterocycles. The van der Waals surface area contributed by atoms with Crippen LogP contribution in [0.4, 0.5) is 0 Å². The van der Waals surface area contributed by atoms with Crippen LogP contribution in [0.25, 0.3) is 22.8 Å². The molecule has 4 nitrogen and oxygen atoms in total. The molecule has 0 unspecified atom stereocenters. The number of aromatic nitrogens is 1. The van der Waals surface area contributed by atoms with Crippen LogP contribution in [0.2, 0.25) is 0 Å². The van der Waals surface area contributed by atoms with E-state index in [1.165, 1.54) is 0 Å². The summed E-state index contributed by atoms with van der Waals surface area (Å²) < 4.78 is 10.7. The first-order valence-corrected chi connectivity index (χ1v) is 4.76. The molecule has 0 bridgehead atoms. The van der Waals surface area contributed by atoms with Gasteiger partial charge < -0.3 is 8.83 Å². The molecule has 1 aromatic carbocycles. The number of benzene rings is 1. The standard InChI is InChI=1S/C12H7NO3/c14-7-8-3-4-10-9(6-8)13-12(16-10)11-2-1-5-15-11/h1-7H. The Morgan fingerprint density at radius 3 is 2.94 bits per heavy atom. The maximum absolute atomic E-state index is 10.6. The van der Waals surface area contributed by atoms with Gasteiger partial charge in [0.2, 0.25) is 0 Å². The third-order valence-corrected chi connectivity index (χ3v) is 2.28. The minimum absolute atomic E-state index is 0.419. The van der Waals surface area contributed by atoms with Gasteiger partial charge in [0.15, 0.2) is 11.3 Å². The van der Waals surface area contributed by atoms with Gasteiger partial charge in [-0.15, -0.1) is 0 Å². The van der Waals surface area contributed by atoms with Crippen LogP contribution < -0.4 is 0 Å². The van der Waals surface area contributed by atoms with Crippen molar-refractivity contribution in [3.05, 3.63) is 42.2 Å².